The molecule has 0 fully saturated rings. The van der Waals surface area contributed by atoms with Gasteiger partial charge in [-0.25, -0.2) is 0 Å². The largest absolute Gasteiger partial charge is 0.502 e. The van der Waals surface area contributed by atoms with E-state index in [0.717, 1.165) is 5.56 Å². The lowest BCUT2D eigenvalue weighted by atomic mass is 10.1. The van der Waals surface area contributed by atoms with E-state index in [4.69, 9.17) is 11.6 Å². The molecule has 0 radical (unpaired) electrons. The van der Waals surface area contributed by atoms with Crippen molar-refractivity contribution >= 4 is 28.4 Å². The first kappa shape index (κ1) is 17.0. The van der Waals surface area contributed by atoms with Gasteiger partial charge in [0.15, 0.2) is 5.75 Å². The van der Waals surface area contributed by atoms with Crippen LogP contribution in [0.15, 0.2) is 53.3 Å². The molecule has 3 aromatic rings. The molecule has 0 unspecified atom stereocenters. The molecular weight excluding hydrogens is 340 g/mol. The number of carbonyl (C=O) groups excluding carboxylic acids is 1. The first-order chi connectivity index (χ1) is 12.0. The number of rotatable bonds is 4. The number of fused-ring (bicyclic) bond motifs is 1. The molecule has 0 aliphatic heterocycles. The number of aryl methyl sites for hydroxylation is 1. The second-order valence-electron chi connectivity index (χ2n) is 5.70. The van der Waals surface area contributed by atoms with Gasteiger partial charge in [0.2, 0.25) is 0 Å². The highest BCUT2D eigenvalue weighted by atomic mass is 35.5. The topological polar surface area (TPSA) is 71.3 Å². The molecule has 0 bridgehead atoms. The molecule has 0 aliphatic carbocycles. The number of nitrogens with one attached hydrogen (secondary N) is 1. The van der Waals surface area contributed by atoms with Gasteiger partial charge in [-0.2, -0.15) is 0 Å². The zero-order valence-corrected chi connectivity index (χ0v) is 14.4. The maximum Gasteiger partial charge on any atom is 0.293 e. The fourth-order valence-electron chi connectivity index (χ4n) is 2.81. The van der Waals surface area contributed by atoms with Crippen molar-refractivity contribution in [3.8, 4) is 5.75 Å². The number of amides is 1. The summed E-state index contributed by atoms with van der Waals surface area (Å²) in [7, 11) is 1.56. The molecule has 0 atom stereocenters. The van der Waals surface area contributed by atoms with E-state index in [2.05, 4.69) is 5.32 Å². The van der Waals surface area contributed by atoms with E-state index in [1.807, 2.05) is 18.2 Å². The van der Waals surface area contributed by atoms with Gasteiger partial charge in [-0.15, -0.1) is 0 Å². The molecule has 1 aromatic heterocycles. The van der Waals surface area contributed by atoms with Crippen molar-refractivity contribution in [1.82, 2.24) is 9.88 Å². The van der Waals surface area contributed by atoms with Crippen LogP contribution in [0.2, 0.25) is 5.02 Å². The predicted octanol–water partition coefficient (Wildman–Crippen LogP) is 2.87. The van der Waals surface area contributed by atoms with Crippen LogP contribution >= 0.6 is 11.6 Å². The van der Waals surface area contributed by atoms with Crippen LogP contribution in [0.25, 0.3) is 10.9 Å². The molecule has 0 spiro atoms. The molecule has 0 saturated heterocycles. The highest BCUT2D eigenvalue weighted by Crippen LogP contribution is 2.23. The Bertz CT molecular complexity index is 1010. The van der Waals surface area contributed by atoms with E-state index in [0.29, 0.717) is 28.9 Å². The van der Waals surface area contributed by atoms with Crippen LogP contribution in [0.3, 0.4) is 0 Å². The van der Waals surface area contributed by atoms with Gasteiger partial charge in [-0.1, -0.05) is 48.0 Å². The number of aromatic hydroxyl groups is 1. The number of aromatic nitrogens is 1. The van der Waals surface area contributed by atoms with Crippen molar-refractivity contribution in [2.45, 2.75) is 6.42 Å². The molecule has 1 amide bonds. The number of hydrogen-bond donors (Lipinski definition) is 2. The molecule has 128 valence electrons. The standard InChI is InChI=1S/C19H17ClN2O3/c1-22-15-9-5-3-7-13(15)16(17(23)19(22)25)18(24)21-11-10-12-6-2-4-8-14(12)20/h2-9,23H,10-11H2,1H3,(H,21,24). The van der Waals surface area contributed by atoms with Gasteiger partial charge < -0.3 is 15.0 Å². The van der Waals surface area contributed by atoms with Crippen LogP contribution in [0, 0.1) is 0 Å². The molecular formula is C19H17ClN2O3. The third-order valence-electron chi connectivity index (χ3n) is 4.14. The fraction of sp³-hybridized carbons (Fsp3) is 0.158. The minimum Gasteiger partial charge on any atom is -0.502 e. The number of para-hydroxylation sites is 1. The third-order valence-corrected chi connectivity index (χ3v) is 4.51. The van der Waals surface area contributed by atoms with Crippen molar-refractivity contribution in [1.29, 1.82) is 0 Å². The van der Waals surface area contributed by atoms with E-state index in [-0.39, 0.29) is 5.56 Å². The van der Waals surface area contributed by atoms with E-state index < -0.39 is 17.2 Å². The van der Waals surface area contributed by atoms with Crippen LogP contribution in [0.4, 0.5) is 0 Å². The smallest absolute Gasteiger partial charge is 0.293 e. The summed E-state index contributed by atoms with van der Waals surface area (Å²) in [4.78, 5) is 24.7. The SMILES string of the molecule is Cn1c(=O)c(O)c(C(=O)NCCc2ccccc2Cl)c2ccccc21. The quantitative estimate of drug-likeness (QED) is 0.755. The zero-order chi connectivity index (χ0) is 18.0. The molecule has 1 heterocycles. The van der Waals surface area contributed by atoms with Gasteiger partial charge in [-0.05, 0) is 24.1 Å². The Morgan fingerprint density at radius 1 is 1.16 bits per heavy atom. The number of benzene rings is 2. The number of pyridine rings is 1. The highest BCUT2D eigenvalue weighted by molar-refractivity contribution is 6.31. The average Bonchev–Trinajstić information content (AvgIpc) is 2.62. The Kier molecular flexibility index (Phi) is 4.76. The summed E-state index contributed by atoms with van der Waals surface area (Å²) in [6, 6.07) is 14.4. The summed E-state index contributed by atoms with van der Waals surface area (Å²) in [5.41, 5.74) is 0.900. The van der Waals surface area contributed by atoms with Gasteiger partial charge in [0.1, 0.15) is 0 Å². The molecule has 6 heteroatoms. The summed E-state index contributed by atoms with van der Waals surface area (Å²) in [5, 5.41) is 14.1. The summed E-state index contributed by atoms with van der Waals surface area (Å²) in [5.74, 6) is -1.03. The lowest BCUT2D eigenvalue weighted by Crippen LogP contribution is -2.29. The summed E-state index contributed by atoms with van der Waals surface area (Å²) >= 11 is 6.10. The second-order valence-corrected chi connectivity index (χ2v) is 6.11. The average molecular weight is 357 g/mol. The van der Waals surface area contributed by atoms with Gasteiger partial charge >= 0.3 is 0 Å². The van der Waals surface area contributed by atoms with E-state index in [9.17, 15) is 14.7 Å². The molecule has 25 heavy (non-hydrogen) atoms. The summed E-state index contributed by atoms with van der Waals surface area (Å²) in [6.07, 6.45) is 0.551. The van der Waals surface area contributed by atoms with Gasteiger partial charge in [0.25, 0.3) is 11.5 Å². The molecule has 0 saturated carbocycles. The Morgan fingerprint density at radius 2 is 1.84 bits per heavy atom. The Morgan fingerprint density at radius 3 is 2.60 bits per heavy atom. The van der Waals surface area contributed by atoms with Crippen LogP contribution in [-0.2, 0) is 13.5 Å². The Balaban J connectivity index is 1.88. The molecule has 2 aromatic carbocycles. The van der Waals surface area contributed by atoms with E-state index in [1.54, 1.807) is 37.4 Å². The van der Waals surface area contributed by atoms with Gasteiger partial charge in [0, 0.05) is 24.0 Å². The van der Waals surface area contributed by atoms with E-state index >= 15 is 0 Å². The number of nitrogens with zero attached hydrogens (tertiary/aromatic N) is 1. The van der Waals surface area contributed by atoms with Crippen LogP contribution in [0.5, 0.6) is 5.75 Å². The van der Waals surface area contributed by atoms with Crippen molar-refractivity contribution in [3.05, 3.63) is 75.0 Å². The van der Waals surface area contributed by atoms with Crippen molar-refractivity contribution in [2.24, 2.45) is 7.05 Å². The molecule has 3 rings (SSSR count). The molecule has 5 nitrogen and oxygen atoms in total. The maximum atomic E-state index is 12.6. The normalized spacial score (nSPS) is 10.8. The van der Waals surface area contributed by atoms with Crippen LogP contribution in [-0.4, -0.2) is 22.1 Å². The Hall–Kier alpha value is -2.79. The second kappa shape index (κ2) is 6.99. The lowest BCUT2D eigenvalue weighted by Gasteiger charge is -2.12. The third kappa shape index (κ3) is 3.23. The van der Waals surface area contributed by atoms with Crippen LogP contribution < -0.4 is 10.9 Å². The number of hydrogen-bond acceptors (Lipinski definition) is 3. The van der Waals surface area contributed by atoms with Crippen molar-refractivity contribution in [2.75, 3.05) is 6.54 Å². The van der Waals surface area contributed by atoms with E-state index in [1.165, 1.54) is 4.57 Å². The first-order valence-electron chi connectivity index (χ1n) is 7.83. The minimum absolute atomic E-state index is 0.00198. The molecule has 0 aliphatic rings. The van der Waals surface area contributed by atoms with Gasteiger partial charge in [0.05, 0.1) is 11.1 Å². The monoisotopic (exact) mass is 356 g/mol. The summed E-state index contributed by atoms with van der Waals surface area (Å²) in [6.45, 7) is 0.339. The fourth-order valence-corrected chi connectivity index (χ4v) is 3.04. The highest BCUT2D eigenvalue weighted by Gasteiger charge is 2.20. The molecule has 2 N–H and O–H groups in total. The number of carbonyl (C=O) groups is 1. The first-order valence-corrected chi connectivity index (χ1v) is 8.21. The van der Waals surface area contributed by atoms with Crippen molar-refractivity contribution in [3.63, 3.8) is 0 Å². The summed E-state index contributed by atoms with van der Waals surface area (Å²) < 4.78 is 1.32. The zero-order valence-electron chi connectivity index (χ0n) is 13.6. The maximum absolute atomic E-state index is 12.6. The minimum atomic E-state index is -0.602. The predicted molar refractivity (Wildman–Crippen MR) is 98.3 cm³/mol. The number of halogens is 1. The Labute approximate surface area is 149 Å². The van der Waals surface area contributed by atoms with Gasteiger partial charge in [-0.3, -0.25) is 9.59 Å². The van der Waals surface area contributed by atoms with Crippen molar-refractivity contribution < 1.29 is 9.90 Å². The lowest BCUT2D eigenvalue weighted by molar-refractivity contribution is 0.0953. The van der Waals surface area contributed by atoms with Crippen LogP contribution in [0.1, 0.15) is 15.9 Å².